The molecule has 3 aromatic carbocycles. The van der Waals surface area contributed by atoms with Gasteiger partial charge in [-0.15, -0.1) is 11.3 Å². The standard InChI is InChI=1S/C23H18N2O5S2/c1-30-20-13-18(23(26)27)11-12-19(20)25-32(28,29)21-14-31-22(24-21)17-9-7-16(8-10-17)15-5-3-2-4-6-15/h2-14,25H,1H3,(H,26,27). The number of nitrogens with one attached hydrogen (secondary N) is 1. The molecule has 0 saturated carbocycles. The number of carboxylic acid groups (broad SMARTS) is 1. The smallest absolute Gasteiger partial charge is 0.335 e. The molecule has 0 amide bonds. The summed E-state index contributed by atoms with van der Waals surface area (Å²) in [7, 11) is -2.66. The Kier molecular flexibility index (Phi) is 5.93. The van der Waals surface area contributed by atoms with Crippen molar-refractivity contribution in [3.8, 4) is 27.4 Å². The van der Waals surface area contributed by atoms with E-state index in [9.17, 15) is 13.2 Å². The van der Waals surface area contributed by atoms with Gasteiger partial charge < -0.3 is 9.84 Å². The van der Waals surface area contributed by atoms with E-state index in [0.29, 0.717) is 5.01 Å². The number of benzene rings is 3. The van der Waals surface area contributed by atoms with Crippen LogP contribution in [0.15, 0.2) is 83.2 Å². The number of hydrogen-bond donors (Lipinski definition) is 2. The second kappa shape index (κ2) is 8.81. The molecule has 0 spiro atoms. The highest BCUT2D eigenvalue weighted by Gasteiger charge is 2.21. The van der Waals surface area contributed by atoms with Gasteiger partial charge in [-0.3, -0.25) is 4.72 Å². The first-order valence-corrected chi connectivity index (χ1v) is 11.8. The highest BCUT2D eigenvalue weighted by Crippen LogP contribution is 2.31. The lowest BCUT2D eigenvalue weighted by atomic mass is 10.0. The highest BCUT2D eigenvalue weighted by atomic mass is 32.2. The topological polar surface area (TPSA) is 106 Å². The van der Waals surface area contributed by atoms with Gasteiger partial charge in [-0.05, 0) is 29.3 Å². The van der Waals surface area contributed by atoms with Crippen LogP contribution in [-0.4, -0.2) is 31.6 Å². The van der Waals surface area contributed by atoms with Gasteiger partial charge in [-0.1, -0.05) is 54.6 Å². The molecule has 0 fully saturated rings. The van der Waals surface area contributed by atoms with Gasteiger partial charge in [-0.2, -0.15) is 8.42 Å². The molecule has 9 heteroatoms. The Morgan fingerprint density at radius 2 is 1.62 bits per heavy atom. The van der Waals surface area contributed by atoms with Gasteiger partial charge in [0.15, 0.2) is 5.03 Å². The van der Waals surface area contributed by atoms with Gasteiger partial charge in [0, 0.05) is 10.9 Å². The molecule has 0 unspecified atom stereocenters. The molecule has 0 atom stereocenters. The highest BCUT2D eigenvalue weighted by molar-refractivity contribution is 7.92. The average Bonchev–Trinajstić information content (AvgIpc) is 3.31. The number of ether oxygens (including phenoxy) is 1. The number of carbonyl (C=O) groups is 1. The van der Waals surface area contributed by atoms with Gasteiger partial charge in [-0.25, -0.2) is 9.78 Å². The van der Waals surface area contributed by atoms with E-state index in [2.05, 4.69) is 9.71 Å². The number of aromatic nitrogens is 1. The summed E-state index contributed by atoms with van der Waals surface area (Å²) in [6.07, 6.45) is 0. The zero-order valence-electron chi connectivity index (χ0n) is 16.8. The van der Waals surface area contributed by atoms with E-state index < -0.39 is 16.0 Å². The Hall–Kier alpha value is -3.69. The lowest BCUT2D eigenvalue weighted by Crippen LogP contribution is -2.14. The van der Waals surface area contributed by atoms with Crippen LogP contribution < -0.4 is 9.46 Å². The summed E-state index contributed by atoms with van der Waals surface area (Å²) in [5.74, 6) is -1.04. The minimum atomic E-state index is -4.00. The van der Waals surface area contributed by atoms with Crippen molar-refractivity contribution in [2.45, 2.75) is 5.03 Å². The maximum absolute atomic E-state index is 12.8. The third-order valence-corrected chi connectivity index (χ3v) is 6.98. The van der Waals surface area contributed by atoms with E-state index in [-0.39, 0.29) is 22.0 Å². The van der Waals surface area contributed by atoms with E-state index >= 15 is 0 Å². The Morgan fingerprint density at radius 3 is 2.28 bits per heavy atom. The normalized spacial score (nSPS) is 11.2. The molecule has 0 radical (unpaired) electrons. The van der Waals surface area contributed by atoms with Gasteiger partial charge in [0.1, 0.15) is 10.8 Å². The fourth-order valence-corrected chi connectivity index (χ4v) is 5.23. The number of hydrogen-bond acceptors (Lipinski definition) is 6. The lowest BCUT2D eigenvalue weighted by molar-refractivity contribution is 0.0696. The van der Waals surface area contributed by atoms with E-state index in [1.165, 1.54) is 42.0 Å². The fourth-order valence-electron chi connectivity index (χ4n) is 3.06. The molecular formula is C23H18N2O5S2. The summed E-state index contributed by atoms with van der Waals surface area (Å²) in [6, 6.07) is 21.6. The molecule has 0 bridgehead atoms. The first-order chi connectivity index (χ1) is 15.4. The third-order valence-electron chi connectivity index (χ3n) is 4.69. The molecule has 2 N–H and O–H groups in total. The van der Waals surface area contributed by atoms with Gasteiger partial charge in [0.2, 0.25) is 0 Å². The summed E-state index contributed by atoms with van der Waals surface area (Å²) in [4.78, 5) is 15.4. The minimum Gasteiger partial charge on any atom is -0.495 e. The third kappa shape index (κ3) is 4.48. The van der Waals surface area contributed by atoms with Gasteiger partial charge in [0.25, 0.3) is 10.0 Å². The quantitative estimate of drug-likeness (QED) is 0.398. The second-order valence-electron chi connectivity index (χ2n) is 6.76. The Morgan fingerprint density at radius 1 is 0.969 bits per heavy atom. The van der Waals surface area contributed by atoms with Crippen LogP contribution in [0.3, 0.4) is 0 Å². The van der Waals surface area contributed by atoms with Gasteiger partial charge in [0.05, 0.1) is 18.4 Å². The first kappa shape index (κ1) is 21.5. The maximum Gasteiger partial charge on any atom is 0.335 e. The van der Waals surface area contributed by atoms with Crippen LogP contribution in [0, 0.1) is 0 Å². The summed E-state index contributed by atoms with van der Waals surface area (Å²) in [6.45, 7) is 0. The molecule has 0 aliphatic rings. The summed E-state index contributed by atoms with van der Waals surface area (Å²) in [5.41, 5.74) is 3.06. The van der Waals surface area contributed by atoms with Crippen molar-refractivity contribution >= 4 is 33.0 Å². The largest absolute Gasteiger partial charge is 0.495 e. The van der Waals surface area contributed by atoms with Crippen molar-refractivity contribution in [2.24, 2.45) is 0 Å². The fraction of sp³-hybridized carbons (Fsp3) is 0.0435. The number of carboxylic acids is 1. The molecule has 32 heavy (non-hydrogen) atoms. The Balaban J connectivity index is 1.57. The monoisotopic (exact) mass is 466 g/mol. The van der Waals surface area contributed by atoms with Crippen LogP contribution in [-0.2, 0) is 10.0 Å². The maximum atomic E-state index is 12.8. The van der Waals surface area contributed by atoms with E-state index in [1.807, 2.05) is 54.6 Å². The molecule has 0 aliphatic carbocycles. The Bertz CT molecular complexity index is 1370. The van der Waals surface area contributed by atoms with Crippen LogP contribution in [0.5, 0.6) is 5.75 Å². The van der Waals surface area contributed by atoms with E-state index in [1.54, 1.807) is 0 Å². The molecule has 7 nitrogen and oxygen atoms in total. The number of nitrogens with zero attached hydrogens (tertiary/aromatic N) is 1. The molecule has 4 rings (SSSR count). The van der Waals surface area contributed by atoms with E-state index in [0.717, 1.165) is 16.7 Å². The molecular weight excluding hydrogens is 448 g/mol. The second-order valence-corrected chi connectivity index (χ2v) is 9.25. The number of anilines is 1. The number of sulfonamides is 1. The van der Waals surface area contributed by atoms with Crippen LogP contribution in [0.2, 0.25) is 0 Å². The van der Waals surface area contributed by atoms with Crippen molar-refractivity contribution in [3.63, 3.8) is 0 Å². The molecule has 1 heterocycles. The molecule has 0 aliphatic heterocycles. The number of thiazole rings is 1. The predicted octanol–water partition coefficient (Wildman–Crippen LogP) is 4.98. The van der Waals surface area contributed by atoms with Crippen molar-refractivity contribution in [1.82, 2.24) is 4.98 Å². The predicted molar refractivity (Wildman–Crippen MR) is 124 cm³/mol. The molecule has 1 aromatic heterocycles. The van der Waals surface area contributed by atoms with Crippen LogP contribution in [0.4, 0.5) is 5.69 Å². The molecule has 4 aromatic rings. The lowest BCUT2D eigenvalue weighted by Gasteiger charge is -2.11. The zero-order chi connectivity index (χ0) is 22.7. The van der Waals surface area contributed by atoms with Crippen LogP contribution in [0.25, 0.3) is 21.7 Å². The number of methoxy groups -OCH3 is 1. The van der Waals surface area contributed by atoms with Crippen molar-refractivity contribution < 1.29 is 23.1 Å². The zero-order valence-corrected chi connectivity index (χ0v) is 18.5. The first-order valence-electron chi connectivity index (χ1n) is 9.43. The minimum absolute atomic E-state index is 0.0142. The summed E-state index contributed by atoms with van der Waals surface area (Å²) < 4.78 is 33.2. The van der Waals surface area contributed by atoms with Crippen molar-refractivity contribution in [2.75, 3.05) is 11.8 Å². The van der Waals surface area contributed by atoms with Crippen LogP contribution in [0.1, 0.15) is 10.4 Å². The van der Waals surface area contributed by atoms with Crippen LogP contribution >= 0.6 is 11.3 Å². The SMILES string of the molecule is COc1cc(C(=O)O)ccc1NS(=O)(=O)c1csc(-c2ccc(-c3ccccc3)cc2)n1. The summed E-state index contributed by atoms with van der Waals surface area (Å²) in [5, 5.41) is 11.0. The molecule has 162 valence electrons. The summed E-state index contributed by atoms with van der Waals surface area (Å²) >= 11 is 1.22. The Labute approximate surface area is 189 Å². The number of aromatic carboxylic acids is 1. The molecule has 0 saturated heterocycles. The number of rotatable bonds is 7. The van der Waals surface area contributed by atoms with E-state index in [4.69, 9.17) is 9.84 Å². The van der Waals surface area contributed by atoms with Crippen molar-refractivity contribution in [1.29, 1.82) is 0 Å². The van der Waals surface area contributed by atoms with Gasteiger partial charge >= 0.3 is 5.97 Å². The van der Waals surface area contributed by atoms with Crippen molar-refractivity contribution in [3.05, 3.63) is 83.7 Å². The average molecular weight is 467 g/mol.